The van der Waals surface area contributed by atoms with E-state index < -0.39 is 0 Å². The zero-order valence-electron chi connectivity index (χ0n) is 10.8. The van der Waals surface area contributed by atoms with Crippen LogP contribution in [0, 0.1) is 0 Å². The van der Waals surface area contributed by atoms with Crippen LogP contribution in [0.5, 0.6) is 0 Å². The zero-order chi connectivity index (χ0) is 12.9. The Labute approximate surface area is 122 Å². The molecule has 0 aliphatic carbocycles. The summed E-state index contributed by atoms with van der Waals surface area (Å²) in [6.45, 7) is 5.81. The maximum absolute atomic E-state index is 6.04. The average molecular weight is 350 g/mol. The van der Waals surface area contributed by atoms with E-state index in [1.165, 1.54) is 0 Å². The van der Waals surface area contributed by atoms with Gasteiger partial charge in [-0.3, -0.25) is 0 Å². The summed E-state index contributed by atoms with van der Waals surface area (Å²) in [7, 11) is 0. The Hall–Kier alpha value is 1.02. The summed E-state index contributed by atoms with van der Waals surface area (Å²) in [6.07, 6.45) is 4.44. The minimum atomic E-state index is -0.152. The number of hydrogen-bond acceptors (Lipinski definition) is 2. The average Bonchev–Trinajstić information content (AvgIpc) is 2.30. The molecule has 0 bridgehead atoms. The molecule has 0 aliphatic rings. The molecule has 0 radical (unpaired) electrons. The van der Waals surface area contributed by atoms with Crippen molar-refractivity contribution in [2.45, 2.75) is 61.3 Å². The second-order valence-corrected chi connectivity index (χ2v) is 7.04. The Bertz CT molecular complexity index is 145. The summed E-state index contributed by atoms with van der Waals surface area (Å²) in [6, 6.07) is 0. The van der Waals surface area contributed by atoms with E-state index >= 15 is 0 Å². The monoisotopic (exact) mass is 350 g/mol. The first-order valence-electron chi connectivity index (χ1n) is 6.29. The molecule has 0 aromatic heterocycles. The third-order valence-electron chi connectivity index (χ3n) is 2.09. The Morgan fingerprint density at radius 1 is 0.882 bits per heavy atom. The normalized spacial score (nSPS) is 14.8. The topological polar surface area (TPSA) is 18.5 Å². The number of halogens is 2. The van der Waals surface area contributed by atoms with Gasteiger partial charge in [-0.15, -0.1) is 0 Å². The van der Waals surface area contributed by atoms with Crippen molar-refractivity contribution in [3.05, 3.63) is 0 Å². The number of alkyl halides is 2. The minimum absolute atomic E-state index is 0.152. The third-order valence-corrected chi connectivity index (χ3v) is 5.74. The fourth-order valence-electron chi connectivity index (χ4n) is 1.06. The van der Waals surface area contributed by atoms with Crippen molar-refractivity contribution in [3.8, 4) is 0 Å². The summed E-state index contributed by atoms with van der Waals surface area (Å²) in [5, 5.41) is 1.80. The molecule has 104 valence electrons. The van der Waals surface area contributed by atoms with Crippen molar-refractivity contribution >= 4 is 38.2 Å². The Morgan fingerprint density at radius 2 is 1.29 bits per heavy atom. The van der Waals surface area contributed by atoms with E-state index in [2.05, 4.69) is 13.8 Å². The molecule has 0 saturated carbocycles. The first kappa shape index (κ1) is 18.0. The van der Waals surface area contributed by atoms with Gasteiger partial charge in [-0.1, -0.05) is 0 Å². The fraction of sp³-hybridized carbons (Fsp3) is 1.00. The van der Waals surface area contributed by atoms with E-state index in [-0.39, 0.29) is 11.1 Å². The van der Waals surface area contributed by atoms with E-state index in [1.807, 2.05) is 0 Å². The predicted molar refractivity (Wildman–Crippen MR) is 76.4 cm³/mol. The molecule has 0 aliphatic heterocycles. The van der Waals surface area contributed by atoms with E-state index in [4.69, 9.17) is 32.7 Å². The van der Waals surface area contributed by atoms with E-state index in [9.17, 15) is 0 Å². The van der Waals surface area contributed by atoms with Gasteiger partial charge in [0.15, 0.2) is 0 Å². The van der Waals surface area contributed by atoms with Crippen LogP contribution in [0.2, 0.25) is 10.6 Å². The molecule has 2 nitrogen and oxygen atoms in total. The van der Waals surface area contributed by atoms with Crippen LogP contribution in [0.4, 0.5) is 0 Å². The molecule has 2 atom stereocenters. The van der Waals surface area contributed by atoms with Crippen LogP contribution in [0.25, 0.3) is 0 Å². The van der Waals surface area contributed by atoms with Gasteiger partial charge in [0.25, 0.3) is 0 Å². The molecule has 0 aromatic rings. The van der Waals surface area contributed by atoms with Crippen LogP contribution in [0.3, 0.4) is 0 Å². The van der Waals surface area contributed by atoms with E-state index in [1.54, 1.807) is 0 Å². The summed E-state index contributed by atoms with van der Waals surface area (Å²) in [5.41, 5.74) is -0.304. The molecule has 17 heavy (non-hydrogen) atoms. The molecule has 0 saturated heterocycles. The van der Waals surface area contributed by atoms with Crippen LogP contribution in [0.15, 0.2) is 0 Å². The van der Waals surface area contributed by atoms with Gasteiger partial charge in [0.05, 0.1) is 0 Å². The molecular formula is C12H24Cl2O2Se. The Balaban J connectivity index is 3.29. The van der Waals surface area contributed by atoms with Gasteiger partial charge in [0.1, 0.15) is 0 Å². The summed E-state index contributed by atoms with van der Waals surface area (Å²) in [5.74, 6) is 0. The molecule has 0 fully saturated rings. The quantitative estimate of drug-likeness (QED) is 0.297. The fourth-order valence-corrected chi connectivity index (χ4v) is 3.63. The molecule has 5 heteroatoms. The van der Waals surface area contributed by atoms with Gasteiger partial charge in [0.2, 0.25) is 0 Å². The maximum atomic E-state index is 6.04. The van der Waals surface area contributed by atoms with Crippen LogP contribution in [-0.4, -0.2) is 39.3 Å². The van der Waals surface area contributed by atoms with Crippen molar-refractivity contribution in [3.63, 3.8) is 0 Å². The molecule has 0 amide bonds. The predicted octanol–water partition coefficient (Wildman–Crippen LogP) is 4.29. The Kier molecular flexibility index (Phi) is 14.3. The van der Waals surface area contributed by atoms with Crippen molar-refractivity contribution < 1.29 is 9.47 Å². The van der Waals surface area contributed by atoms with Crippen LogP contribution < -0.4 is 0 Å². The van der Waals surface area contributed by atoms with Crippen molar-refractivity contribution in [2.24, 2.45) is 0 Å². The van der Waals surface area contributed by atoms with Crippen molar-refractivity contribution in [1.82, 2.24) is 0 Å². The first-order chi connectivity index (χ1) is 8.20. The third kappa shape index (κ3) is 13.3. The molecule has 0 spiro atoms. The summed E-state index contributed by atoms with van der Waals surface area (Å²) >= 11 is 12.5. The molecule has 0 aromatic carbocycles. The van der Waals surface area contributed by atoms with Crippen LogP contribution >= 0.6 is 23.2 Å². The number of ether oxygens (including phenoxy) is 2. The number of rotatable bonds is 12. The van der Waals surface area contributed by atoms with Crippen molar-refractivity contribution in [2.75, 3.05) is 13.2 Å². The SMILES string of the molecule is CCCCOC(Cl)C[Se]CC(Cl)OCCCC. The van der Waals surface area contributed by atoms with Gasteiger partial charge in [-0.2, -0.15) is 0 Å². The molecular weight excluding hydrogens is 326 g/mol. The number of hydrogen-bond donors (Lipinski definition) is 0. The van der Waals surface area contributed by atoms with Gasteiger partial charge >= 0.3 is 122 Å². The Morgan fingerprint density at radius 3 is 1.65 bits per heavy atom. The molecule has 0 N–H and O–H groups in total. The summed E-state index contributed by atoms with van der Waals surface area (Å²) in [4.78, 5) is 0. The van der Waals surface area contributed by atoms with Gasteiger partial charge in [0, 0.05) is 0 Å². The second kappa shape index (κ2) is 13.5. The van der Waals surface area contributed by atoms with Gasteiger partial charge < -0.3 is 0 Å². The van der Waals surface area contributed by atoms with E-state index in [0.29, 0.717) is 15.0 Å². The van der Waals surface area contributed by atoms with Gasteiger partial charge in [-0.05, 0) is 0 Å². The summed E-state index contributed by atoms with van der Waals surface area (Å²) < 4.78 is 10.9. The second-order valence-electron chi connectivity index (χ2n) is 3.81. The van der Waals surface area contributed by atoms with E-state index in [0.717, 1.165) is 49.5 Å². The number of unbranched alkanes of at least 4 members (excludes halogenated alkanes) is 2. The van der Waals surface area contributed by atoms with Crippen molar-refractivity contribution in [1.29, 1.82) is 0 Å². The molecule has 0 heterocycles. The molecule has 0 rings (SSSR count). The first-order valence-corrected chi connectivity index (χ1v) is 9.59. The van der Waals surface area contributed by atoms with Crippen LogP contribution in [0.1, 0.15) is 39.5 Å². The van der Waals surface area contributed by atoms with Gasteiger partial charge in [-0.25, -0.2) is 0 Å². The standard InChI is InChI=1S/C12H24Cl2O2Se/c1-3-5-7-15-11(13)9-17-10-12(14)16-8-6-4-2/h11-12H,3-10H2,1-2H3. The zero-order valence-corrected chi connectivity index (χ0v) is 14.0. The molecule has 2 unspecified atom stereocenters. The van der Waals surface area contributed by atoms with Crippen LogP contribution in [-0.2, 0) is 9.47 Å².